The highest BCUT2D eigenvalue weighted by Gasteiger charge is 2.34. The molecule has 0 unspecified atom stereocenters. The van der Waals surface area contributed by atoms with Crippen LogP contribution in [-0.4, -0.2) is 6.10 Å². The molecule has 5 heteroatoms. The van der Waals surface area contributed by atoms with Gasteiger partial charge < -0.3 is 10.5 Å². The lowest BCUT2D eigenvalue weighted by atomic mass is 10.1. The molecule has 1 saturated carbocycles. The quantitative estimate of drug-likeness (QED) is 0.773. The topological polar surface area (TPSA) is 35.2 Å². The maximum atomic E-state index is 12.4. The van der Waals surface area contributed by atoms with Crippen LogP contribution in [0.3, 0.4) is 0 Å². The number of ether oxygens (including phenoxy) is 1. The molecule has 82 valence electrons. The lowest BCUT2D eigenvalue weighted by Gasteiger charge is -2.12. The summed E-state index contributed by atoms with van der Waals surface area (Å²) in [6.45, 7) is 0. The molecule has 0 spiro atoms. The zero-order valence-corrected chi connectivity index (χ0v) is 7.84. The lowest BCUT2D eigenvalue weighted by molar-refractivity contribution is -0.137. The second kappa shape index (κ2) is 3.32. The molecule has 0 bridgehead atoms. The maximum absolute atomic E-state index is 12.4. The Morgan fingerprint density at radius 1 is 1.27 bits per heavy atom. The van der Waals surface area contributed by atoms with E-state index in [2.05, 4.69) is 0 Å². The van der Waals surface area contributed by atoms with Crippen molar-refractivity contribution in [2.45, 2.75) is 25.1 Å². The molecule has 2 nitrogen and oxygen atoms in total. The third-order valence-corrected chi connectivity index (χ3v) is 2.16. The minimum absolute atomic E-state index is 0.0784. The second-order valence-electron chi connectivity index (χ2n) is 3.56. The number of alkyl halides is 3. The van der Waals surface area contributed by atoms with Gasteiger partial charge >= 0.3 is 6.18 Å². The predicted octanol–water partition coefficient (Wildman–Crippen LogP) is 2.83. The fourth-order valence-electron chi connectivity index (χ4n) is 1.23. The average molecular weight is 217 g/mol. The molecule has 0 amide bonds. The third-order valence-electron chi connectivity index (χ3n) is 2.16. The number of rotatable bonds is 2. The van der Waals surface area contributed by atoms with Gasteiger partial charge in [0, 0.05) is 5.69 Å². The summed E-state index contributed by atoms with van der Waals surface area (Å²) in [5.74, 6) is 0.235. The Labute approximate surface area is 84.8 Å². The van der Waals surface area contributed by atoms with Gasteiger partial charge in [0.1, 0.15) is 5.75 Å². The Kier molecular flexibility index (Phi) is 2.25. The van der Waals surface area contributed by atoms with Gasteiger partial charge in [-0.15, -0.1) is 0 Å². The van der Waals surface area contributed by atoms with E-state index in [1.807, 2.05) is 0 Å². The molecule has 0 radical (unpaired) electrons. The van der Waals surface area contributed by atoms with Crippen LogP contribution in [0.25, 0.3) is 0 Å². The number of nitrogens with two attached hydrogens (primary N) is 1. The lowest BCUT2D eigenvalue weighted by Crippen LogP contribution is -2.09. The number of nitrogen functional groups attached to an aromatic ring is 1. The summed E-state index contributed by atoms with van der Waals surface area (Å²) in [6, 6.07) is 3.64. The largest absolute Gasteiger partial charge is 0.490 e. The molecular weight excluding hydrogens is 207 g/mol. The fraction of sp³-hybridized carbons (Fsp3) is 0.400. The summed E-state index contributed by atoms with van der Waals surface area (Å²) in [7, 11) is 0. The average Bonchev–Trinajstić information content (AvgIpc) is 2.90. The summed E-state index contributed by atoms with van der Waals surface area (Å²) in [5, 5.41) is 0. The van der Waals surface area contributed by atoms with Crippen molar-refractivity contribution in [3.63, 3.8) is 0 Å². The molecule has 1 aliphatic rings. The van der Waals surface area contributed by atoms with E-state index >= 15 is 0 Å². The van der Waals surface area contributed by atoms with Crippen LogP contribution in [0.5, 0.6) is 5.75 Å². The highest BCUT2D eigenvalue weighted by molar-refractivity contribution is 5.52. The molecule has 1 fully saturated rings. The van der Waals surface area contributed by atoms with E-state index in [1.54, 1.807) is 0 Å². The standard InChI is InChI=1S/C10H10F3NO/c11-10(12,13)8-5-7(3-4-9(8)14)15-6-1-2-6/h3-6H,1-2,14H2. The molecule has 2 N–H and O–H groups in total. The number of anilines is 1. The number of halogens is 3. The van der Waals surface area contributed by atoms with Gasteiger partial charge in [-0.2, -0.15) is 13.2 Å². The van der Waals surface area contributed by atoms with Crippen LogP contribution < -0.4 is 10.5 Å². The Hall–Kier alpha value is -1.39. The van der Waals surface area contributed by atoms with Crippen LogP contribution in [0.2, 0.25) is 0 Å². The highest BCUT2D eigenvalue weighted by Crippen LogP contribution is 2.37. The number of hydrogen-bond acceptors (Lipinski definition) is 2. The van der Waals surface area contributed by atoms with E-state index in [0.717, 1.165) is 18.9 Å². The van der Waals surface area contributed by atoms with Crippen molar-refractivity contribution in [2.75, 3.05) is 5.73 Å². The molecular formula is C10H10F3NO. The van der Waals surface area contributed by atoms with Crippen LogP contribution >= 0.6 is 0 Å². The van der Waals surface area contributed by atoms with Crippen LogP contribution in [0.15, 0.2) is 18.2 Å². The molecule has 15 heavy (non-hydrogen) atoms. The van der Waals surface area contributed by atoms with Gasteiger partial charge in [-0.3, -0.25) is 0 Å². The van der Waals surface area contributed by atoms with Gasteiger partial charge in [-0.05, 0) is 31.0 Å². The van der Waals surface area contributed by atoms with Crippen molar-refractivity contribution in [3.8, 4) is 5.75 Å². The molecule has 0 atom stereocenters. The normalized spacial score (nSPS) is 16.5. The van der Waals surface area contributed by atoms with E-state index in [9.17, 15) is 13.2 Å². The second-order valence-corrected chi connectivity index (χ2v) is 3.56. The van der Waals surface area contributed by atoms with Crippen LogP contribution in [0, 0.1) is 0 Å². The van der Waals surface area contributed by atoms with E-state index in [0.29, 0.717) is 0 Å². The van der Waals surface area contributed by atoms with Crippen molar-refractivity contribution in [1.82, 2.24) is 0 Å². The molecule has 0 saturated heterocycles. The van der Waals surface area contributed by atoms with E-state index in [1.165, 1.54) is 12.1 Å². The molecule has 1 aromatic rings. The summed E-state index contributed by atoms with van der Waals surface area (Å²) in [6.07, 6.45) is -2.53. The van der Waals surface area contributed by atoms with Crippen LogP contribution in [-0.2, 0) is 6.18 Å². The molecule has 1 aliphatic carbocycles. The zero-order chi connectivity index (χ0) is 11.1. The molecule has 0 heterocycles. The monoisotopic (exact) mass is 217 g/mol. The summed E-state index contributed by atoms with van der Waals surface area (Å²) >= 11 is 0. The fourth-order valence-corrected chi connectivity index (χ4v) is 1.23. The first-order chi connectivity index (χ1) is 6.97. The first-order valence-corrected chi connectivity index (χ1v) is 4.60. The molecule has 0 aromatic heterocycles. The summed E-state index contributed by atoms with van der Waals surface area (Å²) < 4.78 is 42.6. The van der Waals surface area contributed by atoms with E-state index in [4.69, 9.17) is 10.5 Å². The van der Waals surface area contributed by atoms with Gasteiger partial charge in [0.15, 0.2) is 0 Å². The van der Waals surface area contributed by atoms with E-state index < -0.39 is 11.7 Å². The SMILES string of the molecule is Nc1ccc(OC2CC2)cc1C(F)(F)F. The van der Waals surface area contributed by atoms with Crippen molar-refractivity contribution >= 4 is 5.69 Å². The maximum Gasteiger partial charge on any atom is 0.418 e. The number of benzene rings is 1. The van der Waals surface area contributed by atoms with Gasteiger partial charge in [0.2, 0.25) is 0 Å². The van der Waals surface area contributed by atoms with Gasteiger partial charge in [0.05, 0.1) is 11.7 Å². The Morgan fingerprint density at radius 2 is 1.93 bits per heavy atom. The van der Waals surface area contributed by atoms with Crippen molar-refractivity contribution < 1.29 is 17.9 Å². The Morgan fingerprint density at radius 3 is 2.47 bits per heavy atom. The minimum atomic E-state index is -4.42. The minimum Gasteiger partial charge on any atom is -0.490 e. The van der Waals surface area contributed by atoms with Crippen molar-refractivity contribution in [3.05, 3.63) is 23.8 Å². The number of hydrogen-bond donors (Lipinski definition) is 1. The van der Waals surface area contributed by atoms with Crippen LogP contribution in [0.4, 0.5) is 18.9 Å². The Balaban J connectivity index is 2.27. The van der Waals surface area contributed by atoms with Crippen molar-refractivity contribution in [1.29, 1.82) is 0 Å². The van der Waals surface area contributed by atoms with Gasteiger partial charge in [-0.1, -0.05) is 0 Å². The Bertz CT molecular complexity index is 371. The smallest absolute Gasteiger partial charge is 0.418 e. The van der Waals surface area contributed by atoms with E-state index in [-0.39, 0.29) is 17.5 Å². The first kappa shape index (κ1) is 10.1. The third kappa shape index (κ3) is 2.34. The summed E-state index contributed by atoms with van der Waals surface area (Å²) in [4.78, 5) is 0. The molecule has 1 aromatic carbocycles. The van der Waals surface area contributed by atoms with Crippen molar-refractivity contribution in [2.24, 2.45) is 0 Å². The van der Waals surface area contributed by atoms with Gasteiger partial charge in [0.25, 0.3) is 0 Å². The highest BCUT2D eigenvalue weighted by atomic mass is 19.4. The molecule has 0 aliphatic heterocycles. The molecule has 2 rings (SSSR count). The van der Waals surface area contributed by atoms with Crippen LogP contribution in [0.1, 0.15) is 18.4 Å². The summed E-state index contributed by atoms with van der Waals surface area (Å²) in [5.41, 5.74) is 4.14. The predicted molar refractivity (Wildman–Crippen MR) is 49.5 cm³/mol. The first-order valence-electron chi connectivity index (χ1n) is 4.60. The van der Waals surface area contributed by atoms with Gasteiger partial charge in [-0.25, -0.2) is 0 Å². The zero-order valence-electron chi connectivity index (χ0n) is 7.84.